The summed E-state index contributed by atoms with van der Waals surface area (Å²) in [6.07, 6.45) is 7.83. The number of amides is 1. The van der Waals surface area contributed by atoms with Crippen LogP contribution in [0.5, 0.6) is 0 Å². The van der Waals surface area contributed by atoms with Gasteiger partial charge < -0.3 is 19.5 Å². The summed E-state index contributed by atoms with van der Waals surface area (Å²) >= 11 is 0. The van der Waals surface area contributed by atoms with Crippen LogP contribution in [0.4, 0.5) is 5.95 Å². The minimum absolute atomic E-state index is 0.0464. The number of aliphatic hydroxyl groups is 1. The number of nitrogens with zero attached hydrogens (tertiary/aromatic N) is 5. The first-order valence-corrected chi connectivity index (χ1v) is 10.3. The molecule has 0 spiro atoms. The number of aliphatic hydroxyl groups excluding tert-OH is 1. The molecule has 154 valence electrons. The highest BCUT2D eigenvalue weighted by Crippen LogP contribution is 2.27. The fraction of sp³-hybridized carbons (Fsp3) is 0.524. The molecule has 1 aliphatic heterocycles. The summed E-state index contributed by atoms with van der Waals surface area (Å²) in [6.45, 7) is 4.14. The third-order valence-corrected chi connectivity index (χ3v) is 6.00. The van der Waals surface area contributed by atoms with Crippen molar-refractivity contribution in [1.29, 1.82) is 0 Å². The third-order valence-electron chi connectivity index (χ3n) is 6.00. The van der Waals surface area contributed by atoms with Gasteiger partial charge in [0, 0.05) is 50.8 Å². The molecule has 29 heavy (non-hydrogen) atoms. The Morgan fingerprint density at radius 3 is 2.38 bits per heavy atom. The summed E-state index contributed by atoms with van der Waals surface area (Å²) in [5.74, 6) is 0.462. The Hall–Kier alpha value is -2.74. The molecule has 4 rings (SSSR count). The molecule has 2 aromatic heterocycles. The summed E-state index contributed by atoms with van der Waals surface area (Å²) < 4.78 is 1.69. The number of piperazine rings is 1. The molecule has 1 amide bonds. The monoisotopic (exact) mass is 397 g/mol. The Morgan fingerprint density at radius 1 is 1.07 bits per heavy atom. The molecule has 3 heterocycles. The highest BCUT2D eigenvalue weighted by molar-refractivity contribution is 5.95. The van der Waals surface area contributed by atoms with Crippen LogP contribution in [0.2, 0.25) is 0 Å². The highest BCUT2D eigenvalue weighted by atomic mass is 16.3. The van der Waals surface area contributed by atoms with Gasteiger partial charge in [-0.3, -0.25) is 9.59 Å². The van der Waals surface area contributed by atoms with Crippen molar-refractivity contribution in [1.82, 2.24) is 19.4 Å². The van der Waals surface area contributed by atoms with Gasteiger partial charge in [0.25, 0.3) is 11.5 Å². The molecule has 0 radical (unpaired) electrons. The van der Waals surface area contributed by atoms with Crippen LogP contribution in [-0.4, -0.2) is 62.7 Å². The number of aryl methyl sites for hydroxylation is 1. The van der Waals surface area contributed by atoms with Crippen molar-refractivity contribution in [3.8, 4) is 0 Å². The predicted octanol–water partition coefficient (Wildman–Crippen LogP) is 1.39. The summed E-state index contributed by atoms with van der Waals surface area (Å²) in [4.78, 5) is 38.7. The molecule has 2 fully saturated rings. The molecule has 0 aromatic carbocycles. The predicted molar refractivity (Wildman–Crippen MR) is 109 cm³/mol. The van der Waals surface area contributed by atoms with Crippen LogP contribution in [0, 0.1) is 6.92 Å². The van der Waals surface area contributed by atoms with E-state index in [2.05, 4.69) is 9.97 Å². The van der Waals surface area contributed by atoms with Crippen LogP contribution in [0.25, 0.3) is 0 Å². The molecule has 1 aliphatic carbocycles. The van der Waals surface area contributed by atoms with Crippen molar-refractivity contribution in [2.24, 2.45) is 0 Å². The van der Waals surface area contributed by atoms with E-state index in [4.69, 9.17) is 0 Å². The molecule has 2 aromatic rings. The number of aromatic nitrogens is 3. The Bertz CT molecular complexity index is 914. The maximum Gasteiger partial charge on any atom is 0.263 e. The zero-order valence-electron chi connectivity index (χ0n) is 16.7. The molecule has 1 N–H and O–H groups in total. The number of carbonyl (C=O) groups excluding carboxylic acids is 1. The van der Waals surface area contributed by atoms with Crippen LogP contribution in [0.15, 0.2) is 35.5 Å². The molecule has 0 unspecified atom stereocenters. The van der Waals surface area contributed by atoms with Gasteiger partial charge in [0.2, 0.25) is 5.95 Å². The first-order valence-electron chi connectivity index (χ1n) is 10.3. The number of pyridine rings is 1. The third kappa shape index (κ3) is 4.03. The molecule has 0 atom stereocenters. The minimum atomic E-state index is -0.279. The van der Waals surface area contributed by atoms with E-state index in [-0.39, 0.29) is 29.2 Å². The molecule has 0 bridgehead atoms. The second-order valence-electron chi connectivity index (χ2n) is 7.88. The van der Waals surface area contributed by atoms with Crippen LogP contribution >= 0.6 is 0 Å². The Labute approximate surface area is 169 Å². The number of rotatable bonds is 3. The standard InChI is InChI=1S/C21H27N5O3/c1-15-7-10-26(16-3-5-17(27)6-4-16)20(29)18(15)19(28)24-11-13-25(14-12-24)21-22-8-2-9-23-21/h2,7-10,16-17,27H,3-6,11-14H2,1H3. The maximum absolute atomic E-state index is 13.2. The summed E-state index contributed by atoms with van der Waals surface area (Å²) in [5.41, 5.74) is 0.758. The van der Waals surface area contributed by atoms with Crippen LogP contribution in [0.3, 0.4) is 0 Å². The maximum atomic E-state index is 13.2. The van der Waals surface area contributed by atoms with Gasteiger partial charge in [-0.15, -0.1) is 0 Å². The van der Waals surface area contributed by atoms with E-state index < -0.39 is 0 Å². The van der Waals surface area contributed by atoms with Crippen molar-refractivity contribution in [2.45, 2.75) is 44.8 Å². The van der Waals surface area contributed by atoms with Gasteiger partial charge in [-0.05, 0) is 50.3 Å². The van der Waals surface area contributed by atoms with Crippen molar-refractivity contribution < 1.29 is 9.90 Å². The molecule has 1 saturated carbocycles. The fourth-order valence-corrected chi connectivity index (χ4v) is 4.25. The second-order valence-corrected chi connectivity index (χ2v) is 7.88. The molecule has 2 aliphatic rings. The van der Waals surface area contributed by atoms with Crippen molar-refractivity contribution >= 4 is 11.9 Å². The van der Waals surface area contributed by atoms with Gasteiger partial charge in [-0.1, -0.05) is 0 Å². The van der Waals surface area contributed by atoms with Gasteiger partial charge in [0.1, 0.15) is 5.56 Å². The van der Waals surface area contributed by atoms with Gasteiger partial charge in [0.05, 0.1) is 6.10 Å². The summed E-state index contributed by atoms with van der Waals surface area (Å²) in [6, 6.07) is 3.68. The van der Waals surface area contributed by atoms with Gasteiger partial charge in [-0.25, -0.2) is 9.97 Å². The average molecular weight is 397 g/mol. The largest absolute Gasteiger partial charge is 0.393 e. The Morgan fingerprint density at radius 2 is 1.72 bits per heavy atom. The average Bonchev–Trinajstić information content (AvgIpc) is 2.75. The number of hydrogen-bond acceptors (Lipinski definition) is 6. The fourth-order valence-electron chi connectivity index (χ4n) is 4.25. The van der Waals surface area contributed by atoms with Crippen molar-refractivity contribution in [2.75, 3.05) is 31.1 Å². The van der Waals surface area contributed by atoms with E-state index in [0.717, 1.165) is 12.8 Å². The number of anilines is 1. The van der Waals surface area contributed by atoms with Crippen LogP contribution in [-0.2, 0) is 0 Å². The molecular weight excluding hydrogens is 370 g/mol. The topological polar surface area (TPSA) is 91.6 Å². The molecule has 8 nitrogen and oxygen atoms in total. The first kappa shape index (κ1) is 19.6. The summed E-state index contributed by atoms with van der Waals surface area (Å²) in [5, 5.41) is 9.74. The highest BCUT2D eigenvalue weighted by Gasteiger charge is 2.28. The van der Waals surface area contributed by atoms with Crippen molar-refractivity contribution in [3.63, 3.8) is 0 Å². The van der Waals surface area contributed by atoms with E-state index in [1.807, 2.05) is 17.9 Å². The van der Waals surface area contributed by atoms with E-state index in [9.17, 15) is 14.7 Å². The van der Waals surface area contributed by atoms with Gasteiger partial charge in [-0.2, -0.15) is 0 Å². The molecular formula is C21H27N5O3. The van der Waals surface area contributed by atoms with Gasteiger partial charge in [0.15, 0.2) is 0 Å². The molecule has 8 heteroatoms. The van der Waals surface area contributed by atoms with E-state index in [1.165, 1.54) is 0 Å². The number of carbonyl (C=O) groups is 1. The van der Waals surface area contributed by atoms with Crippen molar-refractivity contribution in [3.05, 3.63) is 52.2 Å². The zero-order valence-corrected chi connectivity index (χ0v) is 16.7. The lowest BCUT2D eigenvalue weighted by atomic mass is 9.92. The van der Waals surface area contributed by atoms with Gasteiger partial charge >= 0.3 is 0 Å². The molecule has 1 saturated heterocycles. The van der Waals surface area contributed by atoms with E-state index in [0.29, 0.717) is 50.5 Å². The lowest BCUT2D eigenvalue weighted by Crippen LogP contribution is -2.50. The van der Waals surface area contributed by atoms with Crippen LogP contribution < -0.4 is 10.5 Å². The quantitative estimate of drug-likeness (QED) is 0.842. The SMILES string of the molecule is Cc1ccn(C2CCC(O)CC2)c(=O)c1C(=O)N1CCN(c2ncccn2)CC1. The summed E-state index contributed by atoms with van der Waals surface area (Å²) in [7, 11) is 0. The minimum Gasteiger partial charge on any atom is -0.393 e. The lowest BCUT2D eigenvalue weighted by molar-refractivity contribution is 0.0741. The van der Waals surface area contributed by atoms with E-state index >= 15 is 0 Å². The second kappa shape index (κ2) is 8.32. The Balaban J connectivity index is 1.50. The Kier molecular flexibility index (Phi) is 5.62. The smallest absolute Gasteiger partial charge is 0.263 e. The first-order chi connectivity index (χ1) is 14.0. The number of hydrogen-bond donors (Lipinski definition) is 1. The zero-order chi connectivity index (χ0) is 20.4. The van der Waals surface area contributed by atoms with E-state index in [1.54, 1.807) is 34.1 Å². The van der Waals surface area contributed by atoms with Crippen LogP contribution in [0.1, 0.15) is 47.6 Å². The lowest BCUT2D eigenvalue weighted by Gasteiger charge is -2.35. The normalized spacial score (nSPS) is 22.6.